The molecule has 0 aliphatic heterocycles. The molecule has 1 aliphatic carbocycles. The Morgan fingerprint density at radius 3 is 2.71 bits per heavy atom. The van der Waals surface area contributed by atoms with Crippen molar-refractivity contribution >= 4 is 32.1 Å². The van der Waals surface area contributed by atoms with Crippen molar-refractivity contribution in [3.63, 3.8) is 0 Å². The highest BCUT2D eigenvalue weighted by atomic mass is 32.2. The Bertz CT molecular complexity index is 986. The van der Waals surface area contributed by atoms with Crippen molar-refractivity contribution in [2.24, 2.45) is 0 Å². The number of benzene rings is 1. The van der Waals surface area contributed by atoms with Gasteiger partial charge in [-0.15, -0.1) is 0 Å². The summed E-state index contributed by atoms with van der Waals surface area (Å²) in [4.78, 5) is -0.531. The van der Waals surface area contributed by atoms with Gasteiger partial charge in [-0.05, 0) is 47.6 Å². The maximum atomic E-state index is 11.4. The third-order valence-electron chi connectivity index (χ3n) is 3.98. The molecule has 110 valence electrons. The minimum atomic E-state index is -4.75. The average Bonchev–Trinajstić information content (AvgIpc) is 3.01. The van der Waals surface area contributed by atoms with E-state index in [4.69, 9.17) is 0 Å². The lowest BCUT2D eigenvalue weighted by atomic mass is 9.95. The Labute approximate surface area is 118 Å². The van der Waals surface area contributed by atoms with Crippen LogP contribution in [0.2, 0.25) is 0 Å². The number of hydrogen-bond donors (Lipinski definition) is 1. The van der Waals surface area contributed by atoms with Crippen molar-refractivity contribution in [1.29, 1.82) is 0 Å². The van der Waals surface area contributed by atoms with E-state index in [2.05, 4.69) is 14.9 Å². The van der Waals surface area contributed by atoms with Crippen molar-refractivity contribution in [2.75, 3.05) is 0 Å². The number of aryl methyl sites for hydroxylation is 1. The van der Waals surface area contributed by atoms with Crippen molar-refractivity contribution in [3.05, 3.63) is 17.3 Å². The van der Waals surface area contributed by atoms with Crippen LogP contribution in [0.5, 0.6) is 0 Å². The molecule has 0 saturated carbocycles. The summed E-state index contributed by atoms with van der Waals surface area (Å²) in [6.07, 6.45) is 3.36. The summed E-state index contributed by atoms with van der Waals surface area (Å²) in [5.41, 5.74) is 2.00. The fraction of sp³-hybridized carbons (Fsp3) is 0.333. The van der Waals surface area contributed by atoms with Crippen LogP contribution in [0.4, 0.5) is 0 Å². The van der Waals surface area contributed by atoms with Gasteiger partial charge in [-0.3, -0.25) is 0 Å². The van der Waals surface area contributed by atoms with Gasteiger partial charge in [0.1, 0.15) is 15.6 Å². The molecule has 1 aromatic carbocycles. The minimum absolute atomic E-state index is 0.0866. The quantitative estimate of drug-likeness (QED) is 0.529. The van der Waals surface area contributed by atoms with E-state index in [1.807, 2.05) is 0 Å². The third-order valence-corrected chi connectivity index (χ3v) is 4.83. The second kappa shape index (κ2) is 3.95. The molecule has 4 rings (SSSR count). The molecule has 0 fully saturated rings. The molecular formula is C12H10N3O5S-. The van der Waals surface area contributed by atoms with Gasteiger partial charge in [0, 0.05) is 5.39 Å². The Kier molecular flexibility index (Phi) is 2.37. The molecule has 2 heterocycles. The minimum Gasteiger partial charge on any atom is -0.744 e. The highest BCUT2D eigenvalue weighted by Crippen LogP contribution is 2.37. The molecule has 0 radical (unpaired) electrons. The zero-order valence-electron chi connectivity index (χ0n) is 10.7. The average molecular weight is 308 g/mol. The van der Waals surface area contributed by atoms with Crippen LogP contribution < -0.4 is 0 Å². The maximum Gasteiger partial charge on any atom is 0.153 e. The van der Waals surface area contributed by atoms with Gasteiger partial charge in [0.25, 0.3) is 0 Å². The molecular weight excluding hydrogens is 298 g/mol. The lowest BCUT2D eigenvalue weighted by molar-refractivity contribution is 0.188. The Balaban J connectivity index is 2.26. The Morgan fingerprint density at radius 2 is 1.95 bits per heavy atom. The topological polar surface area (TPSA) is 121 Å². The molecule has 0 atom stereocenters. The summed E-state index contributed by atoms with van der Waals surface area (Å²) < 4.78 is 39.7. The van der Waals surface area contributed by atoms with Crippen LogP contribution >= 0.6 is 0 Å². The summed E-state index contributed by atoms with van der Waals surface area (Å²) >= 11 is 0. The number of hydrogen-bond acceptors (Lipinski definition) is 7. The van der Waals surface area contributed by atoms with Crippen LogP contribution in [0.15, 0.2) is 15.6 Å². The zero-order valence-corrected chi connectivity index (χ0v) is 11.6. The molecule has 8 nitrogen and oxygen atoms in total. The van der Waals surface area contributed by atoms with E-state index < -0.39 is 15.0 Å². The van der Waals surface area contributed by atoms with Gasteiger partial charge in [0.2, 0.25) is 0 Å². The lowest BCUT2D eigenvalue weighted by Gasteiger charge is -2.11. The van der Waals surface area contributed by atoms with Crippen LogP contribution in [0, 0.1) is 0 Å². The van der Waals surface area contributed by atoms with Gasteiger partial charge in [0.05, 0.1) is 16.1 Å². The maximum absolute atomic E-state index is 11.4. The van der Waals surface area contributed by atoms with E-state index in [9.17, 15) is 18.2 Å². The van der Waals surface area contributed by atoms with E-state index in [-0.39, 0.29) is 16.6 Å². The van der Waals surface area contributed by atoms with Crippen LogP contribution in [0.3, 0.4) is 0 Å². The van der Waals surface area contributed by atoms with E-state index in [0.717, 1.165) is 41.3 Å². The normalized spacial score (nSPS) is 15.7. The summed E-state index contributed by atoms with van der Waals surface area (Å²) in [6, 6.07) is 1.14. The van der Waals surface area contributed by atoms with Gasteiger partial charge in [-0.1, -0.05) is 0 Å². The zero-order chi connectivity index (χ0) is 14.8. The molecule has 0 amide bonds. The van der Waals surface area contributed by atoms with E-state index in [0.29, 0.717) is 11.8 Å². The molecule has 1 aliphatic rings. The third kappa shape index (κ3) is 1.61. The molecule has 0 unspecified atom stereocenters. The number of fused-ring (bicyclic) bond motifs is 5. The monoisotopic (exact) mass is 308 g/mol. The van der Waals surface area contributed by atoms with Gasteiger partial charge < -0.3 is 9.76 Å². The van der Waals surface area contributed by atoms with E-state index in [1.54, 1.807) is 0 Å². The Hall–Kier alpha value is -2.13. The molecule has 0 spiro atoms. The first kappa shape index (κ1) is 12.6. The summed E-state index contributed by atoms with van der Waals surface area (Å²) in [7, 11) is -4.75. The number of rotatable bonds is 1. The van der Waals surface area contributed by atoms with Crippen LogP contribution in [0.1, 0.15) is 24.1 Å². The van der Waals surface area contributed by atoms with Gasteiger partial charge >= 0.3 is 0 Å². The summed E-state index contributed by atoms with van der Waals surface area (Å²) in [5, 5.41) is 18.1. The summed E-state index contributed by atoms with van der Waals surface area (Å²) in [5.74, 6) is 0. The SMILES string of the molecule is O=S(=O)([O-])c1cc2c(c3c(n2O)CCCC3)c2nonc12. The molecule has 1 N–H and O–H groups in total. The predicted octanol–water partition coefficient (Wildman–Crippen LogP) is 1.20. The standard InChI is InChI=1S/C12H11N3O5S/c16-15-7-4-2-1-3-6(7)10-8(15)5-9(21(17,18)19)11-12(10)14-20-13-11/h5,16H,1-4H2,(H,17,18,19)/p-1. The molecule has 21 heavy (non-hydrogen) atoms. The van der Waals surface area contributed by atoms with Gasteiger partial charge in [0.15, 0.2) is 5.52 Å². The second-order valence-electron chi connectivity index (χ2n) is 5.13. The molecule has 3 aromatic rings. The van der Waals surface area contributed by atoms with E-state index in [1.165, 1.54) is 0 Å². The first-order valence-electron chi connectivity index (χ1n) is 6.45. The fourth-order valence-electron chi connectivity index (χ4n) is 3.09. The van der Waals surface area contributed by atoms with Crippen molar-refractivity contribution in [1.82, 2.24) is 15.0 Å². The van der Waals surface area contributed by atoms with Crippen LogP contribution in [-0.4, -0.2) is 33.2 Å². The molecule has 0 bridgehead atoms. The highest BCUT2D eigenvalue weighted by molar-refractivity contribution is 7.86. The van der Waals surface area contributed by atoms with Gasteiger partial charge in [-0.2, -0.15) is 4.73 Å². The largest absolute Gasteiger partial charge is 0.744 e. The lowest BCUT2D eigenvalue weighted by Crippen LogP contribution is -2.05. The number of aromatic nitrogens is 3. The summed E-state index contributed by atoms with van der Waals surface area (Å²) in [6.45, 7) is 0. The van der Waals surface area contributed by atoms with E-state index >= 15 is 0 Å². The Morgan fingerprint density at radius 1 is 1.24 bits per heavy atom. The first-order chi connectivity index (χ1) is 9.98. The smallest absolute Gasteiger partial charge is 0.153 e. The van der Waals surface area contributed by atoms with Gasteiger partial charge in [-0.25, -0.2) is 13.0 Å². The van der Waals surface area contributed by atoms with Crippen LogP contribution in [-0.2, 0) is 23.0 Å². The van der Waals surface area contributed by atoms with Crippen LogP contribution in [0.25, 0.3) is 21.9 Å². The second-order valence-corrected chi connectivity index (χ2v) is 6.48. The number of nitrogens with zero attached hydrogens (tertiary/aromatic N) is 3. The van der Waals surface area contributed by atoms with Crippen molar-refractivity contribution in [2.45, 2.75) is 30.6 Å². The predicted molar refractivity (Wildman–Crippen MR) is 69.1 cm³/mol. The molecule has 9 heteroatoms. The van der Waals surface area contributed by atoms with Crippen molar-refractivity contribution in [3.8, 4) is 0 Å². The first-order valence-corrected chi connectivity index (χ1v) is 7.86. The highest BCUT2D eigenvalue weighted by Gasteiger charge is 2.26. The molecule has 0 saturated heterocycles. The van der Waals surface area contributed by atoms with Crippen molar-refractivity contribution < 1.29 is 22.8 Å². The molecule has 2 aromatic heterocycles. The fourth-order valence-corrected chi connectivity index (χ4v) is 3.72.